The number of ether oxygens (including phenoxy) is 1. The van der Waals surface area contributed by atoms with Gasteiger partial charge in [-0.15, -0.1) is 21.9 Å². The number of aliphatic carboxylic acids is 1. The van der Waals surface area contributed by atoms with Gasteiger partial charge in [-0.2, -0.15) is 5.48 Å². The molecule has 0 aliphatic rings. The molecule has 0 saturated heterocycles. The van der Waals surface area contributed by atoms with Gasteiger partial charge in [-0.25, -0.2) is 14.5 Å². The molecule has 0 spiro atoms. The van der Waals surface area contributed by atoms with Gasteiger partial charge >= 0.3 is 63.3 Å². The fraction of sp³-hybridized carbons (Fsp3) is 0.435. The van der Waals surface area contributed by atoms with E-state index in [9.17, 15) is 19.1 Å². The summed E-state index contributed by atoms with van der Waals surface area (Å²) in [7, 11) is 1.97. The third-order valence-electron chi connectivity index (χ3n) is 5.07. The van der Waals surface area contributed by atoms with E-state index in [1.54, 1.807) is 30.3 Å². The molecule has 0 radical (unpaired) electrons. The Bertz CT molecular complexity index is 974. The molecule has 1 heterocycles. The number of thiophene rings is 1. The Hall–Kier alpha value is -1.30. The van der Waals surface area contributed by atoms with Crippen LogP contribution in [0, 0.1) is 5.41 Å². The number of hydrogen-bond acceptors (Lipinski definition) is 9. The summed E-state index contributed by atoms with van der Waals surface area (Å²) in [6, 6.07) is 9.83. The van der Waals surface area contributed by atoms with Crippen LogP contribution in [0.15, 0.2) is 36.4 Å². The van der Waals surface area contributed by atoms with Crippen molar-refractivity contribution in [1.82, 2.24) is 5.48 Å². The second-order valence-electron chi connectivity index (χ2n) is 7.30. The quantitative estimate of drug-likeness (QED) is 0.0356. The molecule has 0 fully saturated rings. The molecule has 1 unspecified atom stereocenters. The van der Waals surface area contributed by atoms with Crippen molar-refractivity contribution in [3.8, 4) is 5.75 Å². The molecule has 0 aliphatic carbocycles. The molecule has 11 nitrogen and oxygen atoms in total. The summed E-state index contributed by atoms with van der Waals surface area (Å²) in [5.41, 5.74) is 11.8. The van der Waals surface area contributed by atoms with Crippen molar-refractivity contribution in [2.24, 2.45) is 5.73 Å². The summed E-state index contributed by atoms with van der Waals surface area (Å²) in [5, 5.41) is 16.7. The fourth-order valence-corrected chi connectivity index (χ4v) is 3.93. The SMILES string of the molecule is CCC(CC)(Cc1ccc(C(=O)Oc2ccc(C(=N)N)cc2)s1)[N-]OC(COONC)C(=O)O.CF.[K+]. The zero-order chi connectivity index (χ0) is 27.1. The van der Waals surface area contributed by atoms with Crippen molar-refractivity contribution in [2.45, 2.75) is 44.8 Å². The van der Waals surface area contributed by atoms with Crippen LogP contribution in [0.25, 0.3) is 5.48 Å². The molecule has 0 bridgehead atoms. The van der Waals surface area contributed by atoms with E-state index in [1.165, 1.54) is 18.4 Å². The number of carboxylic acids is 1. The van der Waals surface area contributed by atoms with E-state index in [0.29, 0.717) is 42.6 Å². The Morgan fingerprint density at radius 3 is 2.32 bits per heavy atom. The van der Waals surface area contributed by atoms with Gasteiger partial charge in [0.1, 0.15) is 23.1 Å². The average molecular weight is 567 g/mol. The number of amidine groups is 1. The van der Waals surface area contributed by atoms with Crippen LogP contribution in [0.1, 0.15) is 46.8 Å². The summed E-state index contributed by atoms with van der Waals surface area (Å²) < 4.78 is 14.9. The topological polar surface area (TPSA) is 167 Å². The Kier molecular flexibility index (Phi) is 18.2. The van der Waals surface area contributed by atoms with Gasteiger partial charge in [0, 0.05) is 17.5 Å². The maximum Gasteiger partial charge on any atom is 1.00 e. The second kappa shape index (κ2) is 18.9. The normalized spacial score (nSPS) is 11.5. The molecule has 2 aromatic rings. The van der Waals surface area contributed by atoms with Crippen LogP contribution in [0.2, 0.25) is 0 Å². The fourth-order valence-electron chi connectivity index (χ4n) is 2.91. The summed E-state index contributed by atoms with van der Waals surface area (Å²) in [4.78, 5) is 39.8. The zero-order valence-corrected chi connectivity index (χ0v) is 25.5. The van der Waals surface area contributed by atoms with Crippen LogP contribution in [-0.2, 0) is 25.9 Å². The van der Waals surface area contributed by atoms with Crippen molar-refractivity contribution in [3.05, 3.63) is 57.2 Å². The minimum atomic E-state index is -1.34. The number of nitrogens with one attached hydrogen (secondary N) is 2. The maximum atomic E-state index is 12.5. The molecule has 1 aromatic heterocycles. The predicted molar refractivity (Wildman–Crippen MR) is 133 cm³/mol. The van der Waals surface area contributed by atoms with E-state index in [2.05, 4.69) is 15.9 Å². The van der Waals surface area contributed by atoms with Crippen LogP contribution in [0.4, 0.5) is 4.39 Å². The van der Waals surface area contributed by atoms with Gasteiger partial charge < -0.3 is 25.9 Å². The number of benzene rings is 1. The summed E-state index contributed by atoms with van der Waals surface area (Å²) in [5.74, 6) is -1.47. The third kappa shape index (κ3) is 12.0. The first-order valence-electron chi connectivity index (χ1n) is 10.9. The Morgan fingerprint density at radius 1 is 1.19 bits per heavy atom. The molecule has 1 aromatic carbocycles. The summed E-state index contributed by atoms with van der Waals surface area (Å²) >= 11 is 1.27. The number of nitrogen functional groups attached to an aromatic ring is 1. The number of carbonyl (C=O) groups excluding carboxylic acids is 1. The number of carboxylic acid groups (broad SMARTS) is 1. The zero-order valence-electron chi connectivity index (χ0n) is 21.6. The number of alkyl halides is 1. The number of nitrogens with zero attached hydrogens (tertiary/aromatic N) is 1. The molecule has 1 atom stereocenters. The van der Waals surface area contributed by atoms with Crippen LogP contribution >= 0.6 is 11.3 Å². The first kappa shape index (κ1) is 35.7. The van der Waals surface area contributed by atoms with E-state index in [1.807, 2.05) is 19.9 Å². The van der Waals surface area contributed by atoms with Crippen LogP contribution in [-0.4, -0.2) is 55.4 Å². The molecular weight excluding hydrogens is 534 g/mol. The maximum absolute atomic E-state index is 12.5. The summed E-state index contributed by atoms with van der Waals surface area (Å²) in [6.45, 7) is 3.51. The Labute approximate surface area is 262 Å². The largest absolute Gasteiger partial charge is 1.00 e. The summed E-state index contributed by atoms with van der Waals surface area (Å²) in [6.07, 6.45) is 0.285. The number of halogens is 1. The van der Waals surface area contributed by atoms with Gasteiger partial charge in [0.05, 0.1) is 7.18 Å². The van der Waals surface area contributed by atoms with Crippen molar-refractivity contribution in [2.75, 3.05) is 20.8 Å². The molecule has 0 saturated carbocycles. The van der Waals surface area contributed by atoms with Gasteiger partial charge in [-0.05, 0) is 42.8 Å². The number of nitrogens with two attached hydrogens (primary N) is 1. The standard InChI is InChI=1S/C22H29N4O7S.CH3F.K/c1-4-22(5-2,26-32-17(20(27)28)13-30-33-25-3)12-16-10-11-18(34-16)21(29)31-15-8-6-14(7-9-15)19(23)24;1-2;/h6-11,17,25H,4-5,12-13H2,1-3H3,(H3,23,24)(H,27,28);1H3;/q-1;;+1. The average Bonchev–Trinajstić information content (AvgIpc) is 3.35. The smallest absolute Gasteiger partial charge is 0.528 e. The van der Waals surface area contributed by atoms with Crippen LogP contribution in [0.3, 0.4) is 0 Å². The predicted octanol–water partition coefficient (Wildman–Crippen LogP) is 0.783. The van der Waals surface area contributed by atoms with E-state index in [0.717, 1.165) is 4.88 Å². The van der Waals surface area contributed by atoms with E-state index in [-0.39, 0.29) is 63.8 Å². The van der Waals surface area contributed by atoms with Crippen molar-refractivity contribution >= 4 is 29.1 Å². The van der Waals surface area contributed by atoms with Crippen LogP contribution in [0.5, 0.6) is 5.75 Å². The first-order chi connectivity index (χ1) is 17.2. The molecule has 200 valence electrons. The first-order valence-corrected chi connectivity index (χ1v) is 11.7. The van der Waals surface area contributed by atoms with Gasteiger partial charge in [-0.1, -0.05) is 26.7 Å². The molecule has 5 N–H and O–H groups in total. The van der Waals surface area contributed by atoms with E-state index >= 15 is 0 Å². The van der Waals surface area contributed by atoms with Crippen molar-refractivity contribution < 1.29 is 89.9 Å². The minimum absolute atomic E-state index is 0. The van der Waals surface area contributed by atoms with Crippen molar-refractivity contribution in [1.29, 1.82) is 5.41 Å². The molecular formula is C23H32FKN4O7S. The van der Waals surface area contributed by atoms with Gasteiger partial charge in [0.2, 0.25) is 0 Å². The Morgan fingerprint density at radius 2 is 1.81 bits per heavy atom. The number of esters is 1. The monoisotopic (exact) mass is 566 g/mol. The van der Waals surface area contributed by atoms with Gasteiger partial charge in [0.15, 0.2) is 6.10 Å². The Balaban J connectivity index is 0.00000421. The van der Waals surface area contributed by atoms with Crippen molar-refractivity contribution in [3.63, 3.8) is 0 Å². The van der Waals surface area contributed by atoms with Gasteiger partial charge in [-0.3, -0.25) is 9.80 Å². The molecule has 37 heavy (non-hydrogen) atoms. The number of hydroxylamine groups is 2. The third-order valence-corrected chi connectivity index (χ3v) is 6.13. The number of hydrogen-bond donors (Lipinski definition) is 4. The van der Waals surface area contributed by atoms with E-state index in [4.69, 9.17) is 25.6 Å². The second-order valence-corrected chi connectivity index (χ2v) is 8.47. The number of rotatable bonds is 15. The van der Waals surface area contributed by atoms with E-state index < -0.39 is 23.6 Å². The van der Waals surface area contributed by atoms with Crippen LogP contribution < -0.4 is 67.3 Å². The molecule has 0 aliphatic heterocycles. The number of carbonyl (C=O) groups is 2. The minimum Gasteiger partial charge on any atom is -0.528 e. The molecule has 0 amide bonds. The molecule has 2 rings (SSSR count). The molecule has 14 heteroatoms. The van der Waals surface area contributed by atoms with Gasteiger partial charge in [0.25, 0.3) is 0 Å².